The molecule has 16 nitrogen and oxygen atoms in total. The maximum atomic E-state index is 11.0. The van der Waals surface area contributed by atoms with Crippen molar-refractivity contribution < 1.29 is 79.9 Å². The summed E-state index contributed by atoms with van der Waals surface area (Å²) in [5.74, 6) is -1.55. The van der Waals surface area contributed by atoms with Crippen molar-refractivity contribution in [1.29, 1.82) is 0 Å². The summed E-state index contributed by atoms with van der Waals surface area (Å²) in [4.78, 5) is 0. The summed E-state index contributed by atoms with van der Waals surface area (Å²) in [7, 11) is 0. The molecule has 0 bridgehead atoms. The normalized spacial score (nSPS) is 35.9. The predicted molar refractivity (Wildman–Crippen MR) is 139 cm³/mol. The van der Waals surface area contributed by atoms with E-state index in [0.29, 0.717) is 0 Å². The predicted octanol–water partition coefficient (Wildman–Crippen LogP) is -2.51. The standard InChI is InChI=1S/C27H32O16/c28-7-17-19(34)21(36)23(38)26(41-17)43-25-22(37)20(35)18(8-29)42-27(25)40-16-6-11-13(32)4-10(30)5-15(11)39-24(16)9-1-2-12(31)14(33)3-9/h1-6,17-38H,7-8H2/p+1/t17-,18-,19+,20-,21+,22+,23-,24?,25-,26+,27-/m1/s1. The molecule has 0 spiro atoms. The molecule has 2 aromatic carbocycles. The number of rotatable bonds is 7. The minimum absolute atomic E-state index is 0.0914. The monoisotopic (exact) mass is 613 g/mol. The minimum atomic E-state index is -1.88. The molecule has 0 aromatic heterocycles. The first-order chi connectivity index (χ1) is 20.4. The van der Waals surface area contributed by atoms with Crippen LogP contribution < -0.4 is 0 Å². The molecule has 12 N–H and O–H groups in total. The maximum absolute atomic E-state index is 11.0. The number of aromatic hydroxyl groups is 5. The van der Waals surface area contributed by atoms with Crippen LogP contribution in [-0.2, 0) is 18.9 Å². The van der Waals surface area contributed by atoms with Crippen LogP contribution in [0.15, 0.2) is 36.1 Å². The summed E-state index contributed by atoms with van der Waals surface area (Å²) < 4.78 is 27.3. The van der Waals surface area contributed by atoms with E-state index in [1.54, 1.807) is 0 Å². The molecule has 0 saturated carbocycles. The van der Waals surface area contributed by atoms with E-state index in [1.165, 1.54) is 30.3 Å². The van der Waals surface area contributed by atoms with Gasteiger partial charge in [0, 0.05) is 12.1 Å². The molecule has 3 aliphatic heterocycles. The van der Waals surface area contributed by atoms with Gasteiger partial charge in [0.25, 0.3) is 11.9 Å². The molecule has 0 radical (unpaired) electrons. The Hall–Kier alpha value is -3.42. The number of hydrogen-bond donors (Lipinski definition) is 11. The van der Waals surface area contributed by atoms with Crippen molar-refractivity contribution in [2.45, 2.75) is 67.5 Å². The van der Waals surface area contributed by atoms with Crippen molar-refractivity contribution in [3.63, 3.8) is 0 Å². The Kier molecular flexibility index (Phi) is 8.87. The van der Waals surface area contributed by atoms with Crippen LogP contribution >= 0.6 is 0 Å². The highest BCUT2D eigenvalue weighted by molar-refractivity contribution is 5.69. The number of phenols is 4. The van der Waals surface area contributed by atoms with Gasteiger partial charge in [-0.25, -0.2) is 0 Å². The highest BCUT2D eigenvalue weighted by Crippen LogP contribution is 2.46. The van der Waals surface area contributed by atoms with E-state index in [1.807, 2.05) is 0 Å². The molecule has 0 aliphatic carbocycles. The molecule has 3 aliphatic rings. The number of aliphatic hydroxyl groups excluding tert-OH is 7. The van der Waals surface area contributed by atoms with E-state index in [2.05, 4.69) is 4.74 Å². The maximum Gasteiger partial charge on any atom is 0.270 e. The van der Waals surface area contributed by atoms with Crippen molar-refractivity contribution >= 4 is 6.08 Å². The molecule has 11 atom stereocenters. The molecule has 2 fully saturated rings. The van der Waals surface area contributed by atoms with Gasteiger partial charge in [0.15, 0.2) is 29.7 Å². The van der Waals surface area contributed by atoms with Crippen LogP contribution in [0.3, 0.4) is 0 Å². The van der Waals surface area contributed by atoms with Gasteiger partial charge in [-0.15, -0.1) is 0 Å². The van der Waals surface area contributed by atoms with Crippen molar-refractivity contribution in [3.05, 3.63) is 47.2 Å². The summed E-state index contributed by atoms with van der Waals surface area (Å²) in [6, 6.07) is 6.11. The van der Waals surface area contributed by atoms with Gasteiger partial charge in [-0.1, -0.05) is 0 Å². The summed E-state index contributed by atoms with van der Waals surface area (Å²) >= 11 is 0. The smallest absolute Gasteiger partial charge is 0.270 e. The first-order valence-corrected chi connectivity index (χ1v) is 13.2. The van der Waals surface area contributed by atoms with Crippen molar-refractivity contribution in [2.24, 2.45) is 0 Å². The summed E-state index contributed by atoms with van der Waals surface area (Å²) in [5.41, 5.74) is 0.366. The van der Waals surface area contributed by atoms with E-state index < -0.39 is 92.2 Å². The summed E-state index contributed by atoms with van der Waals surface area (Å²) in [6.07, 6.45) is -16.7. The molecule has 16 heteroatoms. The van der Waals surface area contributed by atoms with Crippen LogP contribution in [-0.4, -0.2) is 136 Å². The Morgan fingerprint density at radius 3 is 2.00 bits per heavy atom. The second-order valence-corrected chi connectivity index (χ2v) is 10.3. The lowest BCUT2D eigenvalue weighted by Gasteiger charge is -2.46. The van der Waals surface area contributed by atoms with E-state index in [0.717, 1.165) is 6.07 Å². The van der Waals surface area contributed by atoms with Crippen molar-refractivity contribution in [3.8, 4) is 28.7 Å². The Bertz CT molecular complexity index is 1330. The van der Waals surface area contributed by atoms with Gasteiger partial charge in [-0.2, -0.15) is 0 Å². The van der Waals surface area contributed by atoms with Gasteiger partial charge in [-0.05, 0) is 18.2 Å². The number of hydrogen-bond acceptors (Lipinski definition) is 15. The molecule has 0 amide bonds. The molecular formula is C27H33O16+. The summed E-state index contributed by atoms with van der Waals surface area (Å²) in [5, 5.41) is 112. The summed E-state index contributed by atoms with van der Waals surface area (Å²) in [6.45, 7) is -1.54. The van der Waals surface area contributed by atoms with Crippen LogP contribution in [0.4, 0.5) is 0 Å². The SMILES string of the molecule is OC[C@H]1O[C@@H](O[C@H]2[C@H](OC3=Cc4c(O)cc(O)cc4[OH+]C3c3ccc(O)c(O)c3)O[C@H](CO)[C@@H](O)[C@@H]2O)[C@H](O)[C@@H](O)[C@H]1O. The Morgan fingerprint density at radius 1 is 0.698 bits per heavy atom. The van der Waals surface area contributed by atoms with Gasteiger partial charge >= 0.3 is 0 Å². The third-order valence-corrected chi connectivity index (χ3v) is 7.48. The fourth-order valence-electron chi connectivity index (χ4n) is 5.10. The van der Waals surface area contributed by atoms with Gasteiger partial charge < -0.3 is 79.9 Å². The highest BCUT2D eigenvalue weighted by Gasteiger charge is 2.52. The first-order valence-electron chi connectivity index (χ1n) is 13.2. The van der Waals surface area contributed by atoms with Crippen LogP contribution in [0.25, 0.3) is 6.08 Å². The Labute approximate surface area is 243 Å². The van der Waals surface area contributed by atoms with Gasteiger partial charge in [0.1, 0.15) is 59.8 Å². The second-order valence-electron chi connectivity index (χ2n) is 10.3. The van der Waals surface area contributed by atoms with Crippen LogP contribution in [0, 0.1) is 0 Å². The van der Waals surface area contributed by atoms with Gasteiger partial charge in [0.2, 0.25) is 6.29 Å². The number of benzene rings is 2. The Balaban J connectivity index is 1.52. The first kappa shape index (κ1) is 31.0. The molecule has 236 valence electrons. The fourth-order valence-corrected chi connectivity index (χ4v) is 5.10. The van der Waals surface area contributed by atoms with Crippen LogP contribution in [0.1, 0.15) is 17.2 Å². The molecular weight excluding hydrogens is 580 g/mol. The lowest BCUT2D eigenvalue weighted by atomic mass is 9.97. The highest BCUT2D eigenvalue weighted by atomic mass is 16.8. The fraction of sp³-hybridized carbons (Fsp3) is 0.481. The van der Waals surface area contributed by atoms with Gasteiger partial charge in [0.05, 0.1) is 24.8 Å². The number of fused-ring (bicyclic) bond motifs is 1. The molecule has 1 unspecified atom stereocenters. The van der Waals surface area contributed by atoms with E-state index >= 15 is 0 Å². The lowest BCUT2D eigenvalue weighted by molar-refractivity contribution is -0.364. The topological polar surface area (TPSA) is 272 Å². The molecule has 5 rings (SSSR count). The van der Waals surface area contributed by atoms with E-state index in [9.17, 15) is 56.2 Å². The van der Waals surface area contributed by atoms with E-state index in [-0.39, 0.29) is 34.1 Å². The van der Waals surface area contributed by atoms with Crippen molar-refractivity contribution in [1.82, 2.24) is 0 Å². The molecule has 43 heavy (non-hydrogen) atoms. The average Bonchev–Trinajstić information content (AvgIpc) is 2.98. The number of ether oxygens (including phenoxy) is 5. The number of aliphatic hydroxyl groups is 8. The number of phenolic OH excluding ortho intramolecular Hbond substituents is 4. The van der Waals surface area contributed by atoms with Crippen LogP contribution in [0.5, 0.6) is 28.7 Å². The third-order valence-electron chi connectivity index (χ3n) is 7.48. The van der Waals surface area contributed by atoms with Gasteiger partial charge in [-0.3, -0.25) is 0 Å². The third kappa shape index (κ3) is 5.89. The average molecular weight is 614 g/mol. The second kappa shape index (κ2) is 12.3. The van der Waals surface area contributed by atoms with E-state index in [4.69, 9.17) is 18.9 Å². The quantitative estimate of drug-likeness (QED) is 0.114. The zero-order valence-corrected chi connectivity index (χ0v) is 22.2. The Morgan fingerprint density at radius 2 is 1.35 bits per heavy atom. The lowest BCUT2D eigenvalue weighted by Crippen LogP contribution is -2.64. The molecule has 3 heterocycles. The largest absolute Gasteiger partial charge is 0.571 e. The molecule has 2 aromatic rings. The minimum Gasteiger partial charge on any atom is -0.571 e. The van der Waals surface area contributed by atoms with Crippen LogP contribution in [0.2, 0.25) is 0 Å². The zero-order valence-electron chi connectivity index (χ0n) is 22.2. The molecule has 2 saturated heterocycles. The zero-order chi connectivity index (χ0) is 31.2. The van der Waals surface area contributed by atoms with Crippen molar-refractivity contribution in [2.75, 3.05) is 13.2 Å².